The molecule has 2 atom stereocenters. The van der Waals surface area contributed by atoms with Crippen LogP contribution < -0.4 is 0 Å². The van der Waals surface area contributed by atoms with Gasteiger partial charge in [0.05, 0.1) is 6.10 Å². The van der Waals surface area contributed by atoms with Crippen LogP contribution >= 0.6 is 0 Å². The first-order valence-corrected chi connectivity index (χ1v) is 7.62. The molecule has 0 heterocycles. The third kappa shape index (κ3) is 8.15. The normalized spacial score (nSPS) is 15.3. The molecule has 0 aromatic heterocycles. The first-order valence-electron chi connectivity index (χ1n) is 5.80. The fourth-order valence-corrected chi connectivity index (χ4v) is 1.88. The molecule has 0 aliphatic heterocycles. The molecule has 6 heteroatoms. The molecule has 0 amide bonds. The van der Waals surface area contributed by atoms with Gasteiger partial charge in [0.15, 0.2) is 9.84 Å². The third-order valence-corrected chi connectivity index (χ3v) is 3.73. The van der Waals surface area contributed by atoms with Crippen LogP contribution in [0, 0.1) is 0 Å². The van der Waals surface area contributed by atoms with Crippen molar-refractivity contribution >= 4 is 15.8 Å². The van der Waals surface area contributed by atoms with Gasteiger partial charge < -0.3 is 9.47 Å². The fraction of sp³-hybridized carbons (Fsp3) is 0.909. The van der Waals surface area contributed by atoms with Crippen LogP contribution in [-0.2, 0) is 24.1 Å². The lowest BCUT2D eigenvalue weighted by atomic mass is 10.1. The van der Waals surface area contributed by atoms with Crippen LogP contribution in [0.5, 0.6) is 0 Å². The van der Waals surface area contributed by atoms with Crippen molar-refractivity contribution in [2.75, 3.05) is 11.7 Å². The fourth-order valence-electron chi connectivity index (χ4n) is 1.27. The zero-order valence-electron chi connectivity index (χ0n) is 10.9. The Balaban J connectivity index is 4.07. The van der Waals surface area contributed by atoms with Crippen molar-refractivity contribution in [3.05, 3.63) is 0 Å². The Kier molecular flexibility index (Phi) is 7.38. The van der Waals surface area contributed by atoms with Gasteiger partial charge in [0.1, 0.15) is 12.0 Å². The van der Waals surface area contributed by atoms with Crippen LogP contribution in [0.4, 0.5) is 0 Å². The topological polar surface area (TPSA) is 69.7 Å². The van der Waals surface area contributed by atoms with Gasteiger partial charge in [-0.15, -0.1) is 0 Å². The molecule has 2 unspecified atom stereocenters. The molecule has 102 valence electrons. The molecular weight excluding hydrogens is 244 g/mol. The van der Waals surface area contributed by atoms with E-state index in [9.17, 15) is 13.2 Å². The summed E-state index contributed by atoms with van der Waals surface area (Å²) in [7, 11) is -3.11. The number of ether oxygens (including phenoxy) is 2. The lowest BCUT2D eigenvalue weighted by Gasteiger charge is -2.19. The summed E-state index contributed by atoms with van der Waals surface area (Å²) < 4.78 is 32.7. The van der Waals surface area contributed by atoms with Crippen molar-refractivity contribution in [3.63, 3.8) is 0 Å². The molecule has 0 aromatic carbocycles. The van der Waals surface area contributed by atoms with Crippen LogP contribution in [0.25, 0.3) is 0 Å². The number of carbonyl (C=O) groups is 1. The lowest BCUT2D eigenvalue weighted by molar-refractivity contribution is -0.148. The van der Waals surface area contributed by atoms with Gasteiger partial charge in [0.25, 0.3) is 0 Å². The lowest BCUT2D eigenvalue weighted by Crippen LogP contribution is -2.24. The predicted molar refractivity (Wildman–Crippen MR) is 65.3 cm³/mol. The van der Waals surface area contributed by atoms with E-state index in [0.29, 0.717) is 12.8 Å². The van der Waals surface area contributed by atoms with Gasteiger partial charge in [-0.25, -0.2) is 8.42 Å². The molecule has 0 bridgehead atoms. The SMILES string of the molecule is CCC(CC(C)OCS(=O)(=O)CC)OC(C)=O. The smallest absolute Gasteiger partial charge is 0.302 e. The standard InChI is InChI=1S/C11H22O5S/c1-5-11(16-10(4)12)7-9(3)15-8-17(13,14)6-2/h9,11H,5-8H2,1-4H3. The average molecular weight is 266 g/mol. The largest absolute Gasteiger partial charge is 0.462 e. The van der Waals surface area contributed by atoms with Crippen molar-refractivity contribution in [2.24, 2.45) is 0 Å². The number of esters is 1. The highest BCUT2D eigenvalue weighted by Gasteiger charge is 2.17. The van der Waals surface area contributed by atoms with E-state index in [-0.39, 0.29) is 29.9 Å². The molecule has 0 radical (unpaired) electrons. The van der Waals surface area contributed by atoms with Crippen LogP contribution in [0.2, 0.25) is 0 Å². The number of hydrogen-bond acceptors (Lipinski definition) is 5. The highest BCUT2D eigenvalue weighted by atomic mass is 32.2. The zero-order valence-corrected chi connectivity index (χ0v) is 11.7. The molecule has 0 aromatic rings. The highest BCUT2D eigenvalue weighted by Crippen LogP contribution is 2.10. The minimum atomic E-state index is -3.11. The Morgan fingerprint density at radius 2 is 1.88 bits per heavy atom. The van der Waals surface area contributed by atoms with Crippen molar-refractivity contribution in [3.8, 4) is 0 Å². The minimum Gasteiger partial charge on any atom is -0.462 e. The third-order valence-electron chi connectivity index (χ3n) is 2.35. The summed E-state index contributed by atoms with van der Waals surface area (Å²) in [6.07, 6.45) is 0.732. The van der Waals surface area contributed by atoms with Gasteiger partial charge in [-0.3, -0.25) is 4.79 Å². The Morgan fingerprint density at radius 3 is 2.29 bits per heavy atom. The van der Waals surface area contributed by atoms with E-state index in [2.05, 4.69) is 0 Å². The second-order valence-electron chi connectivity index (χ2n) is 4.00. The Hall–Kier alpha value is -0.620. The van der Waals surface area contributed by atoms with E-state index in [1.165, 1.54) is 6.92 Å². The van der Waals surface area contributed by atoms with Gasteiger partial charge >= 0.3 is 5.97 Å². The molecule has 0 saturated carbocycles. The van der Waals surface area contributed by atoms with Crippen LogP contribution in [0.1, 0.15) is 40.5 Å². The monoisotopic (exact) mass is 266 g/mol. The van der Waals surface area contributed by atoms with Crippen molar-refractivity contribution in [1.82, 2.24) is 0 Å². The van der Waals surface area contributed by atoms with Gasteiger partial charge in [0, 0.05) is 19.1 Å². The summed E-state index contributed by atoms with van der Waals surface area (Å²) in [6, 6.07) is 0. The van der Waals surface area contributed by atoms with Gasteiger partial charge in [-0.2, -0.15) is 0 Å². The molecule has 0 saturated heterocycles. The predicted octanol–water partition coefficient (Wildman–Crippen LogP) is 1.52. The van der Waals surface area contributed by atoms with Gasteiger partial charge in [-0.05, 0) is 13.3 Å². The molecule has 0 fully saturated rings. The van der Waals surface area contributed by atoms with Gasteiger partial charge in [0.2, 0.25) is 0 Å². The quantitative estimate of drug-likeness (QED) is 0.623. The summed E-state index contributed by atoms with van der Waals surface area (Å²) in [5, 5.41) is 0. The minimum absolute atomic E-state index is 0.0703. The molecule has 17 heavy (non-hydrogen) atoms. The summed E-state index contributed by atoms with van der Waals surface area (Å²) in [6.45, 7) is 6.62. The summed E-state index contributed by atoms with van der Waals surface area (Å²) in [5.74, 6) is -0.535. The van der Waals surface area contributed by atoms with Crippen molar-refractivity contribution < 1.29 is 22.7 Å². The molecule has 0 aliphatic rings. The number of sulfone groups is 1. The van der Waals surface area contributed by atoms with E-state index < -0.39 is 9.84 Å². The molecule has 5 nitrogen and oxygen atoms in total. The number of hydrogen-bond donors (Lipinski definition) is 0. The Morgan fingerprint density at radius 1 is 1.29 bits per heavy atom. The molecule has 0 aliphatic carbocycles. The van der Waals surface area contributed by atoms with E-state index in [0.717, 1.165) is 0 Å². The first kappa shape index (κ1) is 16.4. The zero-order chi connectivity index (χ0) is 13.5. The van der Waals surface area contributed by atoms with E-state index >= 15 is 0 Å². The van der Waals surface area contributed by atoms with E-state index in [1.54, 1.807) is 13.8 Å². The van der Waals surface area contributed by atoms with Crippen molar-refractivity contribution in [1.29, 1.82) is 0 Å². The van der Waals surface area contributed by atoms with Crippen LogP contribution in [0.15, 0.2) is 0 Å². The molecule has 0 spiro atoms. The second kappa shape index (κ2) is 7.66. The van der Waals surface area contributed by atoms with Crippen LogP contribution in [0.3, 0.4) is 0 Å². The van der Waals surface area contributed by atoms with Gasteiger partial charge in [-0.1, -0.05) is 13.8 Å². The van der Waals surface area contributed by atoms with E-state index in [4.69, 9.17) is 9.47 Å². The second-order valence-corrected chi connectivity index (χ2v) is 6.30. The highest BCUT2D eigenvalue weighted by molar-refractivity contribution is 7.91. The molecular formula is C11H22O5S. The number of rotatable bonds is 8. The maximum Gasteiger partial charge on any atom is 0.302 e. The summed E-state index contributed by atoms with van der Waals surface area (Å²) in [4.78, 5) is 10.8. The maximum atomic E-state index is 11.2. The maximum absolute atomic E-state index is 11.2. The molecule has 0 N–H and O–H groups in total. The van der Waals surface area contributed by atoms with Crippen LogP contribution in [-0.4, -0.2) is 38.3 Å². The molecule has 0 rings (SSSR count). The number of carbonyl (C=O) groups excluding carboxylic acids is 1. The Labute approximate surface area is 103 Å². The Bertz CT molecular complexity index is 323. The summed E-state index contributed by atoms with van der Waals surface area (Å²) >= 11 is 0. The summed E-state index contributed by atoms with van der Waals surface area (Å²) in [5.41, 5.74) is 0. The van der Waals surface area contributed by atoms with Crippen molar-refractivity contribution in [2.45, 2.75) is 52.7 Å². The average Bonchev–Trinajstić information content (AvgIpc) is 2.25. The first-order chi connectivity index (χ1) is 7.80. The van der Waals surface area contributed by atoms with E-state index in [1.807, 2.05) is 6.92 Å².